The first kappa shape index (κ1) is 23.0. The van der Waals surface area contributed by atoms with Crippen LogP contribution in [0, 0.1) is 6.92 Å². The normalized spacial score (nSPS) is 12.2. The van der Waals surface area contributed by atoms with Gasteiger partial charge in [-0.1, -0.05) is 93.6 Å². The molecule has 0 N–H and O–H groups in total. The van der Waals surface area contributed by atoms with Crippen LogP contribution in [-0.2, 0) is 24.1 Å². The molecule has 0 aliphatic heterocycles. The van der Waals surface area contributed by atoms with E-state index < -0.39 is 0 Å². The van der Waals surface area contributed by atoms with Gasteiger partial charge in [-0.15, -0.1) is 0 Å². The Labute approximate surface area is 188 Å². The van der Waals surface area contributed by atoms with E-state index in [0.29, 0.717) is 18.1 Å². The third-order valence-electron chi connectivity index (χ3n) is 6.42. The fourth-order valence-electron chi connectivity index (χ4n) is 4.09. The van der Waals surface area contributed by atoms with Crippen molar-refractivity contribution in [1.29, 1.82) is 0 Å². The van der Waals surface area contributed by atoms with E-state index in [1.165, 1.54) is 27.8 Å². The molecular weight excluding hydrogens is 376 g/mol. The lowest BCUT2D eigenvalue weighted by atomic mass is 9.91. The molecule has 162 valence electrons. The Morgan fingerprint density at radius 3 is 2.06 bits per heavy atom. The van der Waals surface area contributed by atoms with Crippen LogP contribution in [0.1, 0.15) is 78.8 Å². The smallest absolute Gasteiger partial charge is 0.140 e. The lowest BCUT2D eigenvalue weighted by molar-refractivity contribution is -0.120. The molecule has 1 atom stereocenters. The average Bonchev–Trinajstić information content (AvgIpc) is 2.79. The Bertz CT molecular complexity index is 967. The second-order valence-electron chi connectivity index (χ2n) is 9.11. The van der Waals surface area contributed by atoms with E-state index in [-0.39, 0.29) is 5.92 Å². The molecule has 0 radical (unpaired) electrons. The Kier molecular flexibility index (Phi) is 8.23. The fraction of sp³-hybridized carbons (Fsp3) is 0.367. The van der Waals surface area contributed by atoms with E-state index in [1.807, 2.05) is 25.1 Å². The number of hydrogen-bond donors (Lipinski definition) is 0. The van der Waals surface area contributed by atoms with Crippen molar-refractivity contribution in [2.75, 3.05) is 0 Å². The summed E-state index contributed by atoms with van der Waals surface area (Å²) in [5.74, 6) is 0.848. The van der Waals surface area contributed by atoms with Crippen molar-refractivity contribution >= 4 is 5.78 Å². The Hall–Kier alpha value is -2.67. The summed E-state index contributed by atoms with van der Waals surface area (Å²) in [6.45, 7) is 8.75. The molecule has 0 bridgehead atoms. The Balaban J connectivity index is 1.50. The van der Waals surface area contributed by atoms with Gasteiger partial charge in [0.15, 0.2) is 0 Å². The molecule has 0 saturated heterocycles. The predicted octanol–water partition coefficient (Wildman–Crippen LogP) is 7.60. The minimum absolute atomic E-state index is 0.0424. The number of rotatable bonds is 10. The third kappa shape index (κ3) is 6.66. The van der Waals surface area contributed by atoms with E-state index in [1.54, 1.807) is 0 Å². The number of aryl methyl sites for hydroxylation is 4. The molecule has 3 aromatic rings. The highest BCUT2D eigenvalue weighted by Gasteiger charge is 2.15. The summed E-state index contributed by atoms with van der Waals surface area (Å²) in [6, 6.07) is 25.8. The molecule has 0 saturated carbocycles. The minimum Gasteiger partial charge on any atom is -0.299 e. The van der Waals surface area contributed by atoms with Crippen molar-refractivity contribution in [3.63, 3.8) is 0 Å². The van der Waals surface area contributed by atoms with Gasteiger partial charge in [-0.25, -0.2) is 0 Å². The predicted molar refractivity (Wildman–Crippen MR) is 132 cm³/mol. The molecule has 1 nitrogen and oxygen atoms in total. The molecule has 3 rings (SSSR count). The number of benzene rings is 3. The molecule has 0 amide bonds. The monoisotopic (exact) mass is 412 g/mol. The number of Topliss-reactive ketones (excluding diaryl/α,β-unsaturated/α-hetero) is 1. The first-order chi connectivity index (χ1) is 14.9. The molecule has 1 unspecified atom stereocenters. The fourth-order valence-corrected chi connectivity index (χ4v) is 4.09. The molecule has 31 heavy (non-hydrogen) atoms. The zero-order valence-electron chi connectivity index (χ0n) is 19.5. The van der Waals surface area contributed by atoms with Crippen molar-refractivity contribution in [3.8, 4) is 0 Å². The van der Waals surface area contributed by atoms with Crippen LogP contribution in [-0.4, -0.2) is 5.78 Å². The summed E-state index contributed by atoms with van der Waals surface area (Å²) in [7, 11) is 0. The summed E-state index contributed by atoms with van der Waals surface area (Å²) in [4.78, 5) is 12.6. The second-order valence-corrected chi connectivity index (χ2v) is 9.11. The second kappa shape index (κ2) is 11.1. The molecule has 0 fully saturated rings. The molecular formula is C30H36O. The highest BCUT2D eigenvalue weighted by molar-refractivity contribution is 5.85. The summed E-state index contributed by atoms with van der Waals surface area (Å²) in [5, 5.41) is 0. The zero-order chi connectivity index (χ0) is 22.2. The van der Waals surface area contributed by atoms with E-state index in [9.17, 15) is 4.79 Å². The van der Waals surface area contributed by atoms with Gasteiger partial charge in [-0.2, -0.15) is 0 Å². The summed E-state index contributed by atoms with van der Waals surface area (Å²) < 4.78 is 0. The maximum Gasteiger partial charge on any atom is 0.140 e. The zero-order valence-corrected chi connectivity index (χ0v) is 19.5. The van der Waals surface area contributed by atoms with Crippen molar-refractivity contribution in [2.24, 2.45) is 0 Å². The highest BCUT2D eigenvalue weighted by Crippen LogP contribution is 2.22. The van der Waals surface area contributed by atoms with Gasteiger partial charge in [0.05, 0.1) is 0 Å². The van der Waals surface area contributed by atoms with E-state index in [2.05, 4.69) is 75.4 Å². The molecule has 0 heterocycles. The van der Waals surface area contributed by atoms with Crippen molar-refractivity contribution in [1.82, 2.24) is 0 Å². The van der Waals surface area contributed by atoms with Gasteiger partial charge < -0.3 is 0 Å². The van der Waals surface area contributed by atoms with Crippen LogP contribution in [0.4, 0.5) is 0 Å². The summed E-state index contributed by atoms with van der Waals surface area (Å²) >= 11 is 0. The lowest BCUT2D eigenvalue weighted by Crippen LogP contribution is -2.10. The van der Waals surface area contributed by atoms with Crippen LogP contribution in [0.2, 0.25) is 0 Å². The Morgan fingerprint density at radius 2 is 1.39 bits per heavy atom. The molecule has 3 aromatic carbocycles. The molecule has 0 aliphatic rings. The SMILES string of the molecule is Cc1ccc(C(C)C)cc1CCCc1ccc(C(C)C(=O)CCc2ccccc2)cc1. The van der Waals surface area contributed by atoms with Crippen LogP contribution < -0.4 is 0 Å². The lowest BCUT2D eigenvalue weighted by Gasteiger charge is -2.13. The largest absolute Gasteiger partial charge is 0.299 e. The molecule has 0 aliphatic carbocycles. The van der Waals surface area contributed by atoms with Crippen molar-refractivity contribution < 1.29 is 4.79 Å². The van der Waals surface area contributed by atoms with Gasteiger partial charge in [-0.3, -0.25) is 4.79 Å². The van der Waals surface area contributed by atoms with E-state index in [4.69, 9.17) is 0 Å². The maximum absolute atomic E-state index is 12.6. The quantitative estimate of drug-likeness (QED) is 0.335. The maximum atomic E-state index is 12.6. The number of hydrogen-bond acceptors (Lipinski definition) is 1. The van der Waals surface area contributed by atoms with Gasteiger partial charge >= 0.3 is 0 Å². The van der Waals surface area contributed by atoms with Crippen molar-refractivity contribution in [2.45, 2.75) is 71.6 Å². The van der Waals surface area contributed by atoms with Crippen LogP contribution in [0.3, 0.4) is 0 Å². The average molecular weight is 413 g/mol. The Morgan fingerprint density at radius 1 is 0.742 bits per heavy atom. The molecule has 1 heteroatoms. The number of carbonyl (C=O) groups is 1. The van der Waals surface area contributed by atoms with Gasteiger partial charge in [0, 0.05) is 12.3 Å². The minimum atomic E-state index is -0.0424. The highest BCUT2D eigenvalue weighted by atomic mass is 16.1. The summed E-state index contributed by atoms with van der Waals surface area (Å²) in [6.07, 6.45) is 4.75. The molecule has 0 spiro atoms. The topological polar surface area (TPSA) is 17.1 Å². The van der Waals surface area contributed by atoms with Crippen LogP contribution >= 0.6 is 0 Å². The number of carbonyl (C=O) groups excluding carboxylic acids is 1. The van der Waals surface area contributed by atoms with E-state index in [0.717, 1.165) is 31.2 Å². The van der Waals surface area contributed by atoms with Gasteiger partial charge in [-0.05, 0) is 71.9 Å². The van der Waals surface area contributed by atoms with Gasteiger partial charge in [0.1, 0.15) is 5.78 Å². The molecule has 0 aromatic heterocycles. The third-order valence-corrected chi connectivity index (χ3v) is 6.42. The number of ketones is 1. The van der Waals surface area contributed by atoms with Gasteiger partial charge in [0.2, 0.25) is 0 Å². The first-order valence-electron chi connectivity index (χ1n) is 11.7. The van der Waals surface area contributed by atoms with Crippen LogP contribution in [0.15, 0.2) is 72.8 Å². The summed E-state index contributed by atoms with van der Waals surface area (Å²) in [5.41, 5.74) is 8.00. The standard InChI is InChI=1S/C30H36O/c1-22(2)28-17-13-23(3)29(21-28)12-8-11-26-14-18-27(19-15-26)24(4)30(31)20-16-25-9-6-5-7-10-25/h5-7,9-10,13-15,17-19,21-22,24H,8,11-12,16,20H2,1-4H3. The van der Waals surface area contributed by atoms with Crippen LogP contribution in [0.5, 0.6) is 0 Å². The van der Waals surface area contributed by atoms with Crippen LogP contribution in [0.25, 0.3) is 0 Å². The van der Waals surface area contributed by atoms with Gasteiger partial charge in [0.25, 0.3) is 0 Å². The van der Waals surface area contributed by atoms with E-state index >= 15 is 0 Å². The first-order valence-corrected chi connectivity index (χ1v) is 11.7. The van der Waals surface area contributed by atoms with Crippen molar-refractivity contribution in [3.05, 3.63) is 106 Å².